The van der Waals surface area contributed by atoms with Crippen molar-refractivity contribution in [1.29, 1.82) is 0 Å². The van der Waals surface area contributed by atoms with Gasteiger partial charge in [0.15, 0.2) is 0 Å². The van der Waals surface area contributed by atoms with Crippen LogP contribution < -0.4 is 4.74 Å². The Balaban J connectivity index is 0.000000479. The minimum Gasteiger partial charge on any atom is -0.478 e. The Morgan fingerprint density at radius 1 is 1.12 bits per heavy atom. The number of pyridine rings is 1. The van der Waals surface area contributed by atoms with E-state index in [0.29, 0.717) is 22.7 Å². The molecule has 2 heterocycles. The summed E-state index contributed by atoms with van der Waals surface area (Å²) < 4.78 is 76.1. The number of carboxylic acid groups (broad SMARTS) is 2. The number of aliphatic carboxylic acids is 2. The van der Waals surface area contributed by atoms with E-state index < -0.39 is 36.0 Å². The molecule has 13 heteroatoms. The number of rotatable bonds is 3. The number of hydrogen-bond donors (Lipinski definition) is 2. The highest BCUT2D eigenvalue weighted by Gasteiger charge is 2.48. The number of fused-ring (bicyclic) bond motifs is 1. The Kier molecular flexibility index (Phi) is 7.63. The molecular weight excluding hydrogens is 484 g/mol. The first-order chi connectivity index (χ1) is 15.1. The van der Waals surface area contributed by atoms with Crippen LogP contribution in [0.4, 0.5) is 26.3 Å². The molecule has 0 bridgehead atoms. The van der Waals surface area contributed by atoms with Gasteiger partial charge in [0.2, 0.25) is 6.10 Å². The largest absolute Gasteiger partial charge is 0.490 e. The molecule has 1 atom stereocenters. The number of carboxylic acids is 2. The van der Waals surface area contributed by atoms with Gasteiger partial charge in [-0.05, 0) is 42.3 Å². The molecule has 6 nitrogen and oxygen atoms in total. The summed E-state index contributed by atoms with van der Waals surface area (Å²) in [5.41, 5.74) is 1.52. The van der Waals surface area contributed by atoms with E-state index in [-0.39, 0.29) is 11.3 Å². The number of halogens is 7. The minimum absolute atomic E-state index is 0.0659. The summed E-state index contributed by atoms with van der Waals surface area (Å²) >= 11 is 6.21. The number of alkyl halides is 6. The molecular formula is C20H14ClF6NO5. The van der Waals surface area contributed by atoms with Gasteiger partial charge in [0.05, 0.1) is 5.57 Å². The van der Waals surface area contributed by atoms with Gasteiger partial charge in [0.1, 0.15) is 5.75 Å². The summed E-state index contributed by atoms with van der Waals surface area (Å²) in [7, 11) is 0. The van der Waals surface area contributed by atoms with Crippen LogP contribution in [0.25, 0.3) is 6.08 Å². The Labute approximate surface area is 187 Å². The quantitative estimate of drug-likeness (QED) is 0.576. The van der Waals surface area contributed by atoms with Crippen molar-refractivity contribution in [3.63, 3.8) is 0 Å². The maximum atomic E-state index is 13.1. The van der Waals surface area contributed by atoms with Gasteiger partial charge >= 0.3 is 24.3 Å². The predicted octanol–water partition coefficient (Wildman–Crippen LogP) is 5.06. The van der Waals surface area contributed by atoms with E-state index in [2.05, 4.69) is 4.98 Å². The smallest absolute Gasteiger partial charge is 0.478 e. The monoisotopic (exact) mass is 497 g/mol. The second-order valence-corrected chi connectivity index (χ2v) is 7.14. The SMILES string of the molecule is Cc1ccc(Cc2cc3c(cc2Cl)C=C(C(=O)O)C(C(F)(F)F)O3)nc1.O=C(O)C(F)(F)F. The molecule has 0 spiro atoms. The Bertz CT molecular complexity index is 1080. The van der Waals surface area contributed by atoms with Gasteiger partial charge in [0, 0.05) is 28.9 Å². The number of ether oxygens (including phenoxy) is 1. The molecule has 1 aliphatic heterocycles. The van der Waals surface area contributed by atoms with Crippen LogP contribution in [-0.4, -0.2) is 45.6 Å². The van der Waals surface area contributed by atoms with Crippen LogP contribution in [0.3, 0.4) is 0 Å². The van der Waals surface area contributed by atoms with Crippen molar-refractivity contribution < 1.29 is 50.9 Å². The summed E-state index contributed by atoms with van der Waals surface area (Å²) in [6.07, 6.45) is -9.53. The van der Waals surface area contributed by atoms with E-state index in [1.54, 1.807) is 12.3 Å². The van der Waals surface area contributed by atoms with Crippen molar-refractivity contribution in [3.05, 3.63) is 63.4 Å². The molecule has 0 aliphatic carbocycles. The molecule has 2 aromatic rings. The molecule has 178 valence electrons. The zero-order valence-electron chi connectivity index (χ0n) is 16.5. The fourth-order valence-electron chi connectivity index (χ4n) is 2.61. The predicted molar refractivity (Wildman–Crippen MR) is 103 cm³/mol. The second-order valence-electron chi connectivity index (χ2n) is 6.73. The third kappa shape index (κ3) is 6.85. The maximum absolute atomic E-state index is 13.1. The Morgan fingerprint density at radius 3 is 2.18 bits per heavy atom. The average Bonchev–Trinajstić information content (AvgIpc) is 2.68. The molecule has 0 amide bonds. The van der Waals surface area contributed by atoms with Gasteiger partial charge in [-0.25, -0.2) is 9.59 Å². The number of aryl methyl sites for hydroxylation is 1. The standard InChI is InChI=1S/C18H13ClF3NO3.C2HF3O2/c1-9-2-3-12(23-8-9)4-10-7-15-11(6-14(10)19)5-13(17(24)25)16(26-15)18(20,21)22;3-2(4,5)1(6)7/h2-3,5-8,16H,4H2,1H3,(H,24,25);(H,6,7). The number of carbonyl (C=O) groups is 2. The molecule has 1 aromatic carbocycles. The third-order valence-corrected chi connectivity index (χ3v) is 4.50. The number of benzene rings is 1. The summed E-state index contributed by atoms with van der Waals surface area (Å²) in [6.45, 7) is 1.89. The molecule has 3 rings (SSSR count). The van der Waals surface area contributed by atoms with E-state index >= 15 is 0 Å². The van der Waals surface area contributed by atoms with Gasteiger partial charge in [-0.1, -0.05) is 17.7 Å². The first-order valence-corrected chi connectivity index (χ1v) is 9.19. The van der Waals surface area contributed by atoms with Crippen LogP contribution >= 0.6 is 11.6 Å². The molecule has 0 saturated heterocycles. The molecule has 2 N–H and O–H groups in total. The zero-order valence-corrected chi connectivity index (χ0v) is 17.2. The summed E-state index contributed by atoms with van der Waals surface area (Å²) in [5.74, 6) is -4.52. The van der Waals surface area contributed by atoms with E-state index in [0.717, 1.165) is 11.6 Å². The molecule has 0 saturated carbocycles. The molecule has 0 fully saturated rings. The molecule has 1 unspecified atom stereocenters. The Hall–Kier alpha value is -3.28. The number of nitrogens with zero attached hydrogens (tertiary/aromatic N) is 1. The van der Waals surface area contributed by atoms with Crippen LogP contribution in [0.1, 0.15) is 22.4 Å². The van der Waals surface area contributed by atoms with Crippen molar-refractivity contribution in [2.45, 2.75) is 31.8 Å². The van der Waals surface area contributed by atoms with Gasteiger partial charge in [0.25, 0.3) is 0 Å². The van der Waals surface area contributed by atoms with E-state index in [1.807, 2.05) is 13.0 Å². The van der Waals surface area contributed by atoms with Gasteiger partial charge in [-0.3, -0.25) is 4.98 Å². The normalized spacial score (nSPS) is 15.4. The lowest BCUT2D eigenvalue weighted by atomic mass is 9.98. The lowest BCUT2D eigenvalue weighted by molar-refractivity contribution is -0.192. The topological polar surface area (TPSA) is 96.7 Å². The highest BCUT2D eigenvalue weighted by Crippen LogP contribution is 2.39. The second kappa shape index (κ2) is 9.69. The van der Waals surface area contributed by atoms with Crippen molar-refractivity contribution >= 4 is 29.6 Å². The van der Waals surface area contributed by atoms with Crippen molar-refractivity contribution in [2.75, 3.05) is 0 Å². The highest BCUT2D eigenvalue weighted by atomic mass is 35.5. The summed E-state index contributed by atoms with van der Waals surface area (Å²) in [5, 5.41) is 16.5. The van der Waals surface area contributed by atoms with Crippen molar-refractivity contribution in [2.24, 2.45) is 0 Å². The van der Waals surface area contributed by atoms with Crippen molar-refractivity contribution in [3.8, 4) is 5.75 Å². The van der Waals surface area contributed by atoms with Crippen LogP contribution in [0.2, 0.25) is 5.02 Å². The maximum Gasteiger partial charge on any atom is 0.490 e. The first kappa shape index (κ1) is 26.0. The molecule has 0 radical (unpaired) electrons. The van der Waals surface area contributed by atoms with E-state index in [9.17, 15) is 31.1 Å². The summed E-state index contributed by atoms with van der Waals surface area (Å²) in [6, 6.07) is 6.46. The lowest BCUT2D eigenvalue weighted by Crippen LogP contribution is -2.40. The molecule has 1 aliphatic rings. The van der Waals surface area contributed by atoms with E-state index in [4.69, 9.17) is 31.3 Å². The summed E-state index contributed by atoms with van der Waals surface area (Å²) in [4.78, 5) is 24.3. The fourth-order valence-corrected chi connectivity index (χ4v) is 2.85. The van der Waals surface area contributed by atoms with Crippen LogP contribution in [0.15, 0.2) is 36.0 Å². The van der Waals surface area contributed by atoms with Gasteiger partial charge < -0.3 is 14.9 Å². The van der Waals surface area contributed by atoms with Crippen LogP contribution in [-0.2, 0) is 16.0 Å². The lowest BCUT2D eigenvalue weighted by Gasteiger charge is -2.27. The molecule has 1 aromatic heterocycles. The molecule has 33 heavy (non-hydrogen) atoms. The number of hydrogen-bond acceptors (Lipinski definition) is 4. The highest BCUT2D eigenvalue weighted by molar-refractivity contribution is 6.31. The third-order valence-electron chi connectivity index (χ3n) is 4.15. The minimum atomic E-state index is -5.08. The average molecular weight is 498 g/mol. The van der Waals surface area contributed by atoms with Crippen LogP contribution in [0, 0.1) is 6.92 Å². The van der Waals surface area contributed by atoms with Gasteiger partial charge in [-0.15, -0.1) is 0 Å². The number of aromatic nitrogens is 1. The Morgan fingerprint density at radius 2 is 1.73 bits per heavy atom. The fraction of sp³-hybridized carbons (Fsp3) is 0.250. The zero-order chi connectivity index (χ0) is 25.1. The van der Waals surface area contributed by atoms with Crippen LogP contribution in [0.5, 0.6) is 5.75 Å². The first-order valence-electron chi connectivity index (χ1n) is 8.82. The van der Waals surface area contributed by atoms with Crippen molar-refractivity contribution in [1.82, 2.24) is 4.98 Å². The van der Waals surface area contributed by atoms with E-state index in [1.165, 1.54) is 12.1 Å². The van der Waals surface area contributed by atoms with Gasteiger partial charge in [-0.2, -0.15) is 26.3 Å².